The molecule has 0 aliphatic heterocycles. The lowest BCUT2D eigenvalue weighted by Gasteiger charge is -2.12. The van der Waals surface area contributed by atoms with Crippen molar-refractivity contribution >= 4 is 17.7 Å². The van der Waals surface area contributed by atoms with Crippen molar-refractivity contribution in [3.05, 3.63) is 71.3 Å². The van der Waals surface area contributed by atoms with Crippen LogP contribution >= 0.6 is 11.8 Å². The van der Waals surface area contributed by atoms with Crippen LogP contribution < -0.4 is 0 Å². The van der Waals surface area contributed by atoms with Gasteiger partial charge in [-0.1, -0.05) is 61.5 Å². The molecule has 2 nitrogen and oxygen atoms in total. The SMILES string of the molecule is CCc1ccc(CSC(Cc2ccccc2)C(=O)O)cc1. The Morgan fingerprint density at radius 1 is 1.00 bits per heavy atom. The van der Waals surface area contributed by atoms with Gasteiger partial charge in [-0.15, -0.1) is 11.8 Å². The second-order valence-corrected chi connectivity index (χ2v) is 6.19. The van der Waals surface area contributed by atoms with Gasteiger partial charge in [0.1, 0.15) is 5.25 Å². The number of benzene rings is 2. The van der Waals surface area contributed by atoms with Crippen LogP contribution in [-0.4, -0.2) is 16.3 Å². The van der Waals surface area contributed by atoms with Crippen molar-refractivity contribution in [1.29, 1.82) is 0 Å². The lowest BCUT2D eigenvalue weighted by atomic mass is 10.1. The lowest BCUT2D eigenvalue weighted by Crippen LogP contribution is -2.19. The molecule has 0 saturated carbocycles. The summed E-state index contributed by atoms with van der Waals surface area (Å²) in [6.07, 6.45) is 1.59. The Bertz CT molecular complexity index is 564. The molecule has 1 unspecified atom stereocenters. The number of hydrogen-bond acceptors (Lipinski definition) is 2. The van der Waals surface area contributed by atoms with Crippen LogP contribution in [0.3, 0.4) is 0 Å². The molecule has 2 rings (SSSR count). The van der Waals surface area contributed by atoms with E-state index >= 15 is 0 Å². The number of carbonyl (C=O) groups is 1. The van der Waals surface area contributed by atoms with Crippen molar-refractivity contribution in [3.63, 3.8) is 0 Å². The zero-order valence-corrected chi connectivity index (χ0v) is 13.0. The van der Waals surface area contributed by atoms with Gasteiger partial charge in [-0.3, -0.25) is 4.79 Å². The Morgan fingerprint density at radius 2 is 1.62 bits per heavy atom. The van der Waals surface area contributed by atoms with Crippen molar-refractivity contribution in [1.82, 2.24) is 0 Å². The molecule has 0 saturated heterocycles. The Labute approximate surface area is 130 Å². The van der Waals surface area contributed by atoms with Crippen LogP contribution in [0.2, 0.25) is 0 Å². The molecule has 0 aromatic heterocycles. The minimum atomic E-state index is -0.742. The fraction of sp³-hybridized carbons (Fsp3) is 0.278. The first-order valence-electron chi connectivity index (χ1n) is 7.15. The predicted octanol–water partition coefficient (Wildman–Crippen LogP) is 4.18. The summed E-state index contributed by atoms with van der Waals surface area (Å²) >= 11 is 1.49. The molecule has 110 valence electrons. The van der Waals surface area contributed by atoms with E-state index in [1.165, 1.54) is 22.9 Å². The standard InChI is InChI=1S/C18H20O2S/c1-2-14-8-10-16(11-9-14)13-21-17(18(19)20)12-15-6-4-3-5-7-15/h3-11,17H,2,12-13H2,1H3,(H,19,20). The quantitative estimate of drug-likeness (QED) is 0.833. The van der Waals surface area contributed by atoms with Crippen LogP contribution in [0.4, 0.5) is 0 Å². The topological polar surface area (TPSA) is 37.3 Å². The van der Waals surface area contributed by atoms with E-state index in [1.807, 2.05) is 30.3 Å². The first-order valence-corrected chi connectivity index (χ1v) is 8.20. The van der Waals surface area contributed by atoms with E-state index in [9.17, 15) is 9.90 Å². The van der Waals surface area contributed by atoms with Gasteiger partial charge in [-0.05, 0) is 29.5 Å². The molecule has 0 aliphatic carbocycles. The average Bonchev–Trinajstić information content (AvgIpc) is 2.52. The third-order valence-corrected chi connectivity index (χ3v) is 4.69. The Hall–Kier alpha value is -1.74. The van der Waals surface area contributed by atoms with Gasteiger partial charge in [0.15, 0.2) is 0 Å². The first-order chi connectivity index (χ1) is 10.2. The van der Waals surface area contributed by atoms with Crippen LogP contribution in [0.15, 0.2) is 54.6 Å². The molecule has 1 atom stereocenters. The third-order valence-electron chi connectivity index (χ3n) is 3.42. The molecule has 1 N–H and O–H groups in total. The molecule has 2 aromatic rings. The van der Waals surface area contributed by atoms with Gasteiger partial charge in [0.05, 0.1) is 0 Å². The third kappa shape index (κ3) is 4.94. The summed E-state index contributed by atoms with van der Waals surface area (Å²) in [5.41, 5.74) is 3.55. The molecule has 0 bridgehead atoms. The number of rotatable bonds is 7. The van der Waals surface area contributed by atoms with Crippen LogP contribution in [0.1, 0.15) is 23.6 Å². The van der Waals surface area contributed by atoms with Gasteiger partial charge in [-0.25, -0.2) is 0 Å². The number of carboxylic acids is 1. The van der Waals surface area contributed by atoms with E-state index < -0.39 is 11.2 Å². The van der Waals surface area contributed by atoms with E-state index in [-0.39, 0.29) is 0 Å². The zero-order valence-electron chi connectivity index (χ0n) is 12.2. The number of thioether (sulfide) groups is 1. The number of aliphatic carboxylic acids is 1. The largest absolute Gasteiger partial charge is 0.480 e. The van der Waals surface area contributed by atoms with Gasteiger partial charge in [0, 0.05) is 5.75 Å². The molecule has 0 heterocycles. The van der Waals surface area contributed by atoms with Gasteiger partial charge < -0.3 is 5.11 Å². The summed E-state index contributed by atoms with van der Waals surface area (Å²) in [5.74, 6) is -0.0117. The molecular weight excluding hydrogens is 280 g/mol. The highest BCUT2D eigenvalue weighted by atomic mass is 32.2. The van der Waals surface area contributed by atoms with Gasteiger partial charge in [0.2, 0.25) is 0 Å². The van der Waals surface area contributed by atoms with Crippen LogP contribution in [0.25, 0.3) is 0 Å². The number of hydrogen-bond donors (Lipinski definition) is 1. The van der Waals surface area contributed by atoms with Gasteiger partial charge >= 0.3 is 5.97 Å². The minimum absolute atomic E-state index is 0.404. The molecule has 2 aromatic carbocycles. The molecule has 3 heteroatoms. The van der Waals surface area contributed by atoms with Crippen molar-refractivity contribution in [2.75, 3.05) is 0 Å². The monoisotopic (exact) mass is 300 g/mol. The van der Waals surface area contributed by atoms with Crippen LogP contribution in [-0.2, 0) is 23.4 Å². The Balaban J connectivity index is 1.95. The maximum atomic E-state index is 11.4. The summed E-state index contributed by atoms with van der Waals surface area (Å²) in [5, 5.41) is 8.97. The predicted molar refractivity (Wildman–Crippen MR) is 88.7 cm³/mol. The van der Waals surface area contributed by atoms with Crippen molar-refractivity contribution in [3.8, 4) is 0 Å². The lowest BCUT2D eigenvalue weighted by molar-refractivity contribution is -0.136. The van der Waals surface area contributed by atoms with Crippen molar-refractivity contribution in [2.45, 2.75) is 30.8 Å². The molecule has 0 fully saturated rings. The highest BCUT2D eigenvalue weighted by molar-refractivity contribution is 7.99. The minimum Gasteiger partial charge on any atom is -0.480 e. The van der Waals surface area contributed by atoms with Crippen LogP contribution in [0, 0.1) is 0 Å². The van der Waals surface area contributed by atoms with Crippen molar-refractivity contribution in [2.24, 2.45) is 0 Å². The fourth-order valence-electron chi connectivity index (χ4n) is 2.11. The van der Waals surface area contributed by atoms with E-state index in [4.69, 9.17) is 0 Å². The summed E-state index contributed by atoms with van der Waals surface area (Å²) in [6, 6.07) is 18.2. The molecule has 0 amide bonds. The molecule has 21 heavy (non-hydrogen) atoms. The van der Waals surface area contributed by atoms with Crippen LogP contribution in [0.5, 0.6) is 0 Å². The molecular formula is C18H20O2S. The summed E-state index contributed by atoms with van der Waals surface area (Å²) in [6.45, 7) is 2.13. The molecule has 0 spiro atoms. The summed E-state index contributed by atoms with van der Waals surface area (Å²) < 4.78 is 0. The highest BCUT2D eigenvalue weighted by Crippen LogP contribution is 2.22. The summed E-state index contributed by atoms with van der Waals surface area (Å²) in [4.78, 5) is 11.4. The average molecular weight is 300 g/mol. The van der Waals surface area contributed by atoms with Gasteiger partial charge in [0.25, 0.3) is 0 Å². The van der Waals surface area contributed by atoms with E-state index in [1.54, 1.807) is 0 Å². The molecule has 0 aliphatic rings. The highest BCUT2D eigenvalue weighted by Gasteiger charge is 2.18. The Morgan fingerprint density at radius 3 is 2.19 bits per heavy atom. The van der Waals surface area contributed by atoms with Crippen molar-refractivity contribution < 1.29 is 9.90 Å². The molecule has 0 radical (unpaired) electrons. The Kier molecular flexibility index (Phi) is 5.88. The normalized spacial score (nSPS) is 12.0. The van der Waals surface area contributed by atoms with E-state index in [0.29, 0.717) is 6.42 Å². The van der Waals surface area contributed by atoms with E-state index in [0.717, 1.165) is 17.7 Å². The number of carboxylic acid groups (broad SMARTS) is 1. The fourth-order valence-corrected chi connectivity index (χ4v) is 3.15. The van der Waals surface area contributed by atoms with E-state index in [2.05, 4.69) is 31.2 Å². The summed E-state index contributed by atoms with van der Waals surface area (Å²) in [7, 11) is 0. The van der Waals surface area contributed by atoms with Gasteiger partial charge in [-0.2, -0.15) is 0 Å². The second-order valence-electron chi connectivity index (χ2n) is 5.00. The second kappa shape index (κ2) is 7.89. The first kappa shape index (κ1) is 15.6. The number of aryl methyl sites for hydroxylation is 1. The smallest absolute Gasteiger partial charge is 0.316 e. The maximum absolute atomic E-state index is 11.4. The maximum Gasteiger partial charge on any atom is 0.316 e. The zero-order chi connectivity index (χ0) is 15.1.